The smallest absolute Gasteiger partial charge is 0.240 e. The quantitative estimate of drug-likeness (QED) is 0.908. The van der Waals surface area contributed by atoms with Gasteiger partial charge >= 0.3 is 0 Å². The Hall–Kier alpha value is -1.68. The molecule has 4 heteroatoms. The standard InChI is InChI=1S/C16H21N3O/c1-11(2)9-17-10-15-18-16(19-20-15)14-8-7-12-5-3-4-6-13(12)14/h3-6,11,14,17H,7-10H2,1-2H3. The molecule has 1 aliphatic rings. The van der Waals surface area contributed by atoms with E-state index in [4.69, 9.17) is 4.52 Å². The van der Waals surface area contributed by atoms with Crippen molar-refractivity contribution in [1.29, 1.82) is 0 Å². The fraction of sp³-hybridized carbons (Fsp3) is 0.500. The highest BCUT2D eigenvalue weighted by Crippen LogP contribution is 2.36. The van der Waals surface area contributed by atoms with Gasteiger partial charge in [0, 0.05) is 5.92 Å². The van der Waals surface area contributed by atoms with E-state index in [1.165, 1.54) is 11.1 Å². The molecule has 1 unspecified atom stereocenters. The average Bonchev–Trinajstić information content (AvgIpc) is 3.04. The van der Waals surface area contributed by atoms with Crippen LogP contribution in [0.5, 0.6) is 0 Å². The van der Waals surface area contributed by atoms with Gasteiger partial charge in [0.25, 0.3) is 0 Å². The molecule has 1 aromatic carbocycles. The summed E-state index contributed by atoms with van der Waals surface area (Å²) in [6, 6.07) is 8.56. The van der Waals surface area contributed by atoms with Crippen LogP contribution in [-0.2, 0) is 13.0 Å². The van der Waals surface area contributed by atoms with Gasteiger partial charge in [-0.3, -0.25) is 0 Å². The summed E-state index contributed by atoms with van der Waals surface area (Å²) < 4.78 is 5.35. The lowest BCUT2D eigenvalue weighted by Crippen LogP contribution is -2.19. The van der Waals surface area contributed by atoms with E-state index in [2.05, 4.69) is 53.6 Å². The van der Waals surface area contributed by atoms with E-state index in [1.807, 2.05) is 0 Å². The maximum atomic E-state index is 5.35. The predicted molar refractivity (Wildman–Crippen MR) is 77.4 cm³/mol. The van der Waals surface area contributed by atoms with Crippen LogP contribution in [0.3, 0.4) is 0 Å². The number of rotatable bonds is 5. The molecule has 1 aliphatic carbocycles. The topological polar surface area (TPSA) is 51.0 Å². The lowest BCUT2D eigenvalue weighted by Gasteiger charge is -2.05. The molecule has 0 saturated carbocycles. The molecule has 20 heavy (non-hydrogen) atoms. The highest BCUT2D eigenvalue weighted by molar-refractivity contribution is 5.38. The third-order valence-corrected chi connectivity index (χ3v) is 3.76. The van der Waals surface area contributed by atoms with Crippen LogP contribution < -0.4 is 5.32 Å². The fourth-order valence-corrected chi connectivity index (χ4v) is 2.77. The predicted octanol–water partition coefficient (Wildman–Crippen LogP) is 2.89. The lowest BCUT2D eigenvalue weighted by atomic mass is 10.0. The number of nitrogens with one attached hydrogen (secondary N) is 1. The summed E-state index contributed by atoms with van der Waals surface area (Å²) in [7, 11) is 0. The summed E-state index contributed by atoms with van der Waals surface area (Å²) in [5.41, 5.74) is 2.77. The third-order valence-electron chi connectivity index (χ3n) is 3.76. The number of aryl methyl sites for hydroxylation is 1. The second-order valence-electron chi connectivity index (χ2n) is 5.86. The number of hydrogen-bond acceptors (Lipinski definition) is 4. The van der Waals surface area contributed by atoms with Crippen molar-refractivity contribution in [1.82, 2.24) is 15.5 Å². The van der Waals surface area contributed by atoms with E-state index in [1.54, 1.807) is 0 Å². The molecule has 2 aromatic rings. The first kappa shape index (κ1) is 13.3. The minimum atomic E-state index is 0.300. The second-order valence-corrected chi connectivity index (χ2v) is 5.86. The van der Waals surface area contributed by atoms with Gasteiger partial charge in [0.2, 0.25) is 5.89 Å². The SMILES string of the molecule is CC(C)CNCc1nc(C2CCc3ccccc32)no1. The van der Waals surface area contributed by atoms with Crippen LogP contribution in [-0.4, -0.2) is 16.7 Å². The molecule has 0 aliphatic heterocycles. The highest BCUT2D eigenvalue weighted by Gasteiger charge is 2.27. The van der Waals surface area contributed by atoms with E-state index in [-0.39, 0.29) is 0 Å². The van der Waals surface area contributed by atoms with Crippen LogP contribution in [0.1, 0.15) is 49.0 Å². The lowest BCUT2D eigenvalue weighted by molar-refractivity contribution is 0.358. The van der Waals surface area contributed by atoms with Crippen LogP contribution in [0.15, 0.2) is 28.8 Å². The molecule has 3 rings (SSSR count). The van der Waals surface area contributed by atoms with Gasteiger partial charge in [-0.25, -0.2) is 0 Å². The Balaban J connectivity index is 1.69. The van der Waals surface area contributed by atoms with Crippen molar-refractivity contribution in [3.63, 3.8) is 0 Å². The molecular formula is C16H21N3O. The minimum absolute atomic E-state index is 0.300. The van der Waals surface area contributed by atoms with Crippen molar-refractivity contribution in [3.8, 4) is 0 Å². The van der Waals surface area contributed by atoms with Crippen LogP contribution in [0.2, 0.25) is 0 Å². The molecule has 0 bridgehead atoms. The largest absolute Gasteiger partial charge is 0.338 e. The van der Waals surface area contributed by atoms with E-state index in [0.29, 0.717) is 24.3 Å². The van der Waals surface area contributed by atoms with Crippen molar-refractivity contribution < 1.29 is 4.52 Å². The molecule has 4 nitrogen and oxygen atoms in total. The van der Waals surface area contributed by atoms with Gasteiger partial charge in [-0.1, -0.05) is 43.3 Å². The Morgan fingerprint density at radius 3 is 3.05 bits per heavy atom. The number of fused-ring (bicyclic) bond motifs is 1. The Bertz CT molecular complexity index is 577. The zero-order valence-corrected chi connectivity index (χ0v) is 12.1. The number of benzene rings is 1. The van der Waals surface area contributed by atoms with Gasteiger partial charge in [-0.2, -0.15) is 4.98 Å². The van der Waals surface area contributed by atoms with Crippen molar-refractivity contribution in [2.75, 3.05) is 6.54 Å². The molecule has 0 fully saturated rings. The molecular weight excluding hydrogens is 250 g/mol. The summed E-state index contributed by atoms with van der Waals surface area (Å²) in [6.07, 6.45) is 2.19. The minimum Gasteiger partial charge on any atom is -0.338 e. The summed E-state index contributed by atoms with van der Waals surface area (Å²) >= 11 is 0. The molecule has 0 spiro atoms. The molecule has 1 atom stereocenters. The first-order valence-electron chi connectivity index (χ1n) is 7.35. The van der Waals surface area contributed by atoms with Gasteiger partial charge in [0.15, 0.2) is 5.82 Å². The van der Waals surface area contributed by atoms with Gasteiger partial charge < -0.3 is 9.84 Å². The van der Waals surface area contributed by atoms with Crippen LogP contribution in [0.25, 0.3) is 0 Å². The Morgan fingerprint density at radius 1 is 1.35 bits per heavy atom. The molecule has 1 N–H and O–H groups in total. The normalized spacial score (nSPS) is 17.6. The third kappa shape index (κ3) is 2.75. The Labute approximate surface area is 119 Å². The van der Waals surface area contributed by atoms with Gasteiger partial charge in [-0.05, 0) is 36.4 Å². The number of nitrogens with zero attached hydrogens (tertiary/aromatic N) is 2. The first-order chi connectivity index (χ1) is 9.74. The van der Waals surface area contributed by atoms with Gasteiger partial charge in [-0.15, -0.1) is 0 Å². The molecule has 0 saturated heterocycles. The average molecular weight is 271 g/mol. The van der Waals surface area contributed by atoms with Crippen molar-refractivity contribution in [3.05, 3.63) is 47.1 Å². The summed E-state index contributed by atoms with van der Waals surface area (Å²) in [5, 5.41) is 7.50. The zero-order chi connectivity index (χ0) is 13.9. The summed E-state index contributed by atoms with van der Waals surface area (Å²) in [5.74, 6) is 2.44. The first-order valence-corrected chi connectivity index (χ1v) is 7.35. The van der Waals surface area contributed by atoms with Crippen LogP contribution >= 0.6 is 0 Å². The van der Waals surface area contributed by atoms with Crippen molar-refractivity contribution in [2.24, 2.45) is 5.92 Å². The maximum absolute atomic E-state index is 5.35. The Kier molecular flexibility index (Phi) is 3.83. The van der Waals surface area contributed by atoms with E-state index < -0.39 is 0 Å². The van der Waals surface area contributed by atoms with Gasteiger partial charge in [0.1, 0.15) is 0 Å². The van der Waals surface area contributed by atoms with Crippen LogP contribution in [0.4, 0.5) is 0 Å². The van der Waals surface area contributed by atoms with Crippen LogP contribution in [0, 0.1) is 5.92 Å². The summed E-state index contributed by atoms with van der Waals surface area (Å²) in [4.78, 5) is 4.55. The number of hydrogen-bond donors (Lipinski definition) is 1. The molecule has 0 radical (unpaired) electrons. The summed E-state index contributed by atoms with van der Waals surface area (Å²) in [6.45, 7) is 5.98. The monoisotopic (exact) mass is 271 g/mol. The van der Waals surface area contributed by atoms with E-state index in [9.17, 15) is 0 Å². The zero-order valence-electron chi connectivity index (χ0n) is 12.1. The maximum Gasteiger partial charge on any atom is 0.240 e. The highest BCUT2D eigenvalue weighted by atomic mass is 16.5. The van der Waals surface area contributed by atoms with Gasteiger partial charge in [0.05, 0.1) is 6.54 Å². The van der Waals surface area contributed by atoms with E-state index >= 15 is 0 Å². The molecule has 1 heterocycles. The molecule has 106 valence electrons. The van der Waals surface area contributed by atoms with Crippen molar-refractivity contribution >= 4 is 0 Å². The fourth-order valence-electron chi connectivity index (χ4n) is 2.77. The van der Waals surface area contributed by atoms with Crippen molar-refractivity contribution in [2.45, 2.75) is 39.2 Å². The Morgan fingerprint density at radius 2 is 2.20 bits per heavy atom. The van der Waals surface area contributed by atoms with E-state index in [0.717, 1.165) is 25.2 Å². The number of aromatic nitrogens is 2. The molecule has 1 aromatic heterocycles. The molecule has 0 amide bonds. The second kappa shape index (κ2) is 5.75.